The molecule has 0 aliphatic carbocycles. The van der Waals surface area contributed by atoms with Crippen LogP contribution in [0.25, 0.3) is 5.76 Å². The molecule has 0 saturated carbocycles. The number of rotatable bonds is 7. The third kappa shape index (κ3) is 4.89. The van der Waals surface area contributed by atoms with E-state index in [1.807, 2.05) is 13.0 Å². The third-order valence-electron chi connectivity index (χ3n) is 7.21. The zero-order valence-corrected chi connectivity index (χ0v) is 21.1. The number of hydrogen-bond donors (Lipinski definition) is 2. The number of aliphatic hydroxyl groups excluding tert-OH is 1. The molecule has 5 rings (SSSR count). The van der Waals surface area contributed by atoms with Gasteiger partial charge in [-0.25, -0.2) is 0 Å². The van der Waals surface area contributed by atoms with Gasteiger partial charge in [0.2, 0.25) is 0 Å². The molecule has 0 bridgehead atoms. The van der Waals surface area contributed by atoms with Crippen LogP contribution in [0.2, 0.25) is 0 Å². The van der Waals surface area contributed by atoms with Gasteiger partial charge in [0, 0.05) is 38.2 Å². The van der Waals surface area contributed by atoms with Crippen molar-refractivity contribution in [2.24, 2.45) is 0 Å². The number of ketones is 1. The number of methoxy groups -OCH3 is 1. The maximum atomic E-state index is 13.3. The predicted octanol–water partition coefficient (Wildman–Crippen LogP) is 2.87. The van der Waals surface area contributed by atoms with E-state index in [4.69, 9.17) is 14.2 Å². The molecule has 2 aromatic rings. The number of hydrogen-bond acceptors (Lipinski definition) is 8. The fourth-order valence-electron chi connectivity index (χ4n) is 5.34. The minimum Gasteiger partial charge on any atom is -0.507 e. The van der Waals surface area contributed by atoms with E-state index in [1.54, 1.807) is 24.3 Å². The van der Waals surface area contributed by atoms with Gasteiger partial charge in [-0.1, -0.05) is 6.07 Å². The molecule has 3 aliphatic rings. The molecule has 2 aromatic carbocycles. The van der Waals surface area contributed by atoms with Crippen LogP contribution in [0.3, 0.4) is 0 Å². The van der Waals surface area contributed by atoms with Gasteiger partial charge in [-0.2, -0.15) is 0 Å². The molecule has 2 unspecified atom stereocenters. The Bertz CT molecular complexity index is 1240. The van der Waals surface area contributed by atoms with Crippen molar-refractivity contribution >= 4 is 17.4 Å². The van der Waals surface area contributed by atoms with Crippen LogP contribution in [0.5, 0.6) is 17.2 Å². The minimum absolute atomic E-state index is 0.0241. The lowest BCUT2D eigenvalue weighted by atomic mass is 9.94. The summed E-state index contributed by atoms with van der Waals surface area (Å²) in [6, 6.07) is 9.20. The van der Waals surface area contributed by atoms with Gasteiger partial charge < -0.3 is 29.3 Å². The van der Waals surface area contributed by atoms with Crippen molar-refractivity contribution in [3.05, 3.63) is 58.7 Å². The zero-order chi connectivity index (χ0) is 26.1. The number of phenols is 1. The lowest BCUT2D eigenvalue weighted by Gasteiger charge is -2.29. The van der Waals surface area contributed by atoms with Gasteiger partial charge in [-0.15, -0.1) is 0 Å². The standard InChI is InChI=1S/C28H32N2O7/c1-17-14-20-15-19(5-7-22(20)37-17)26(32)24-25(18-4-6-21(31)23(16-18)35-2)30(28(34)27(24)33)9-3-8-29-10-12-36-13-11-29/h4-7,15-17,25,31-32H,3,8-14H2,1-2H3. The predicted molar refractivity (Wildman–Crippen MR) is 136 cm³/mol. The summed E-state index contributed by atoms with van der Waals surface area (Å²) in [6.07, 6.45) is 1.39. The maximum absolute atomic E-state index is 13.3. The van der Waals surface area contributed by atoms with E-state index in [9.17, 15) is 19.8 Å². The van der Waals surface area contributed by atoms with Gasteiger partial charge in [-0.3, -0.25) is 14.5 Å². The summed E-state index contributed by atoms with van der Waals surface area (Å²) in [5.74, 6) is -0.686. The van der Waals surface area contributed by atoms with Gasteiger partial charge >= 0.3 is 0 Å². The number of morpholine rings is 1. The molecule has 9 heteroatoms. The molecular weight excluding hydrogens is 476 g/mol. The number of nitrogens with zero attached hydrogens (tertiary/aromatic N) is 2. The number of carbonyl (C=O) groups excluding carboxylic acids is 2. The summed E-state index contributed by atoms with van der Waals surface area (Å²) in [5, 5.41) is 21.5. The van der Waals surface area contributed by atoms with E-state index >= 15 is 0 Å². The quantitative estimate of drug-likeness (QED) is 0.334. The molecule has 1 amide bonds. The number of amides is 1. The summed E-state index contributed by atoms with van der Waals surface area (Å²) >= 11 is 0. The second-order valence-electron chi connectivity index (χ2n) is 9.69. The summed E-state index contributed by atoms with van der Waals surface area (Å²) in [4.78, 5) is 30.4. The Morgan fingerprint density at radius 1 is 1.11 bits per heavy atom. The Hall–Kier alpha value is -3.56. The maximum Gasteiger partial charge on any atom is 0.295 e. The first-order valence-corrected chi connectivity index (χ1v) is 12.6. The molecule has 2 fully saturated rings. The lowest BCUT2D eigenvalue weighted by molar-refractivity contribution is -0.140. The van der Waals surface area contributed by atoms with Crippen LogP contribution in [0.15, 0.2) is 42.0 Å². The second kappa shape index (κ2) is 10.4. The van der Waals surface area contributed by atoms with Crippen LogP contribution >= 0.6 is 0 Å². The van der Waals surface area contributed by atoms with Crippen molar-refractivity contribution in [3.63, 3.8) is 0 Å². The van der Waals surface area contributed by atoms with Crippen LogP contribution in [-0.4, -0.2) is 84.3 Å². The highest BCUT2D eigenvalue weighted by Crippen LogP contribution is 2.42. The van der Waals surface area contributed by atoms with E-state index < -0.39 is 17.7 Å². The summed E-state index contributed by atoms with van der Waals surface area (Å²) in [7, 11) is 1.44. The molecule has 0 spiro atoms. The normalized spacial score (nSPS) is 23.2. The first kappa shape index (κ1) is 25.1. The SMILES string of the molecule is COc1cc(C2C(=C(O)c3ccc4c(c3)CC(C)O4)C(=O)C(=O)N2CCCN2CCOCC2)ccc1O. The Balaban J connectivity index is 1.51. The number of phenolic OH excluding ortho intramolecular Hbond substituents is 1. The average Bonchev–Trinajstić information content (AvgIpc) is 3.40. The number of fused-ring (bicyclic) bond motifs is 1. The number of likely N-dealkylation sites (tertiary alicyclic amines) is 1. The summed E-state index contributed by atoms with van der Waals surface area (Å²) < 4.78 is 16.5. The second-order valence-corrected chi connectivity index (χ2v) is 9.69. The number of Topliss-reactive ketones (excluding diaryl/α,β-unsaturated/α-hetero) is 1. The topological polar surface area (TPSA) is 109 Å². The smallest absolute Gasteiger partial charge is 0.295 e. The highest BCUT2D eigenvalue weighted by atomic mass is 16.5. The Labute approximate surface area is 215 Å². The number of benzene rings is 2. The van der Waals surface area contributed by atoms with Gasteiger partial charge in [-0.05, 0) is 54.8 Å². The van der Waals surface area contributed by atoms with Crippen LogP contribution in [-0.2, 0) is 20.7 Å². The summed E-state index contributed by atoms with van der Waals surface area (Å²) in [6.45, 7) is 6.10. The fourth-order valence-corrected chi connectivity index (χ4v) is 5.34. The van der Waals surface area contributed by atoms with Gasteiger partial charge in [0.15, 0.2) is 11.5 Å². The monoisotopic (exact) mass is 508 g/mol. The molecule has 0 aromatic heterocycles. The number of aromatic hydroxyl groups is 1. The summed E-state index contributed by atoms with van der Waals surface area (Å²) in [5.41, 5.74) is 1.99. The third-order valence-corrected chi connectivity index (χ3v) is 7.21. The molecule has 2 N–H and O–H groups in total. The van der Waals surface area contributed by atoms with Crippen molar-refractivity contribution in [3.8, 4) is 17.2 Å². The molecule has 0 radical (unpaired) electrons. The number of ether oxygens (including phenoxy) is 3. The Kier molecular flexibility index (Phi) is 7.08. The molecule has 3 heterocycles. The Morgan fingerprint density at radius 2 is 1.89 bits per heavy atom. The van der Waals surface area contributed by atoms with Crippen molar-refractivity contribution in [2.75, 3.05) is 46.5 Å². The Morgan fingerprint density at radius 3 is 2.65 bits per heavy atom. The largest absolute Gasteiger partial charge is 0.507 e. The lowest BCUT2D eigenvalue weighted by Crippen LogP contribution is -2.38. The van der Waals surface area contributed by atoms with E-state index in [0.29, 0.717) is 43.7 Å². The molecule has 3 aliphatic heterocycles. The van der Waals surface area contributed by atoms with E-state index in [0.717, 1.165) is 30.9 Å². The zero-order valence-electron chi connectivity index (χ0n) is 21.1. The van der Waals surface area contributed by atoms with Gasteiger partial charge in [0.1, 0.15) is 17.6 Å². The highest BCUT2D eigenvalue weighted by molar-refractivity contribution is 6.46. The molecule has 9 nitrogen and oxygen atoms in total. The first-order chi connectivity index (χ1) is 17.9. The van der Waals surface area contributed by atoms with Crippen LogP contribution in [0, 0.1) is 0 Å². The van der Waals surface area contributed by atoms with Crippen molar-refractivity contribution < 1.29 is 34.0 Å². The molecular formula is C28H32N2O7. The first-order valence-electron chi connectivity index (χ1n) is 12.6. The van der Waals surface area contributed by atoms with E-state index in [-0.39, 0.29) is 28.9 Å². The minimum atomic E-state index is -0.817. The molecule has 2 saturated heterocycles. The number of aliphatic hydroxyl groups is 1. The van der Waals surface area contributed by atoms with Crippen LogP contribution in [0.4, 0.5) is 0 Å². The number of carbonyl (C=O) groups is 2. The molecule has 2 atom stereocenters. The van der Waals surface area contributed by atoms with Crippen LogP contribution in [0.1, 0.15) is 36.1 Å². The van der Waals surface area contributed by atoms with E-state index in [2.05, 4.69) is 4.90 Å². The van der Waals surface area contributed by atoms with Crippen LogP contribution < -0.4 is 9.47 Å². The van der Waals surface area contributed by atoms with Crippen molar-refractivity contribution in [2.45, 2.75) is 31.9 Å². The van der Waals surface area contributed by atoms with E-state index in [1.165, 1.54) is 18.1 Å². The molecule has 37 heavy (non-hydrogen) atoms. The van der Waals surface area contributed by atoms with Crippen molar-refractivity contribution in [1.82, 2.24) is 9.80 Å². The van der Waals surface area contributed by atoms with Gasteiger partial charge in [0.05, 0.1) is 31.9 Å². The average molecular weight is 509 g/mol. The molecule has 196 valence electrons. The van der Waals surface area contributed by atoms with Crippen molar-refractivity contribution in [1.29, 1.82) is 0 Å². The van der Waals surface area contributed by atoms with Gasteiger partial charge in [0.25, 0.3) is 11.7 Å². The fraction of sp³-hybridized carbons (Fsp3) is 0.429. The highest BCUT2D eigenvalue weighted by Gasteiger charge is 2.46.